The Morgan fingerprint density at radius 2 is 2.00 bits per heavy atom. The molecule has 122 valence electrons. The van der Waals surface area contributed by atoms with E-state index in [1.807, 2.05) is 0 Å². The maximum absolute atomic E-state index is 14.1. The van der Waals surface area contributed by atoms with Crippen LogP contribution in [0, 0.1) is 22.6 Å². The molecule has 1 aliphatic heterocycles. The van der Waals surface area contributed by atoms with Crippen LogP contribution < -0.4 is 5.73 Å². The number of hydrogen-bond acceptors (Lipinski definition) is 2. The van der Waals surface area contributed by atoms with Gasteiger partial charge in [-0.25, -0.2) is 4.39 Å². The fourth-order valence-corrected chi connectivity index (χ4v) is 5.81. The second kappa shape index (κ2) is 4.13. The highest BCUT2D eigenvalue weighted by molar-refractivity contribution is 6.01. The summed E-state index contributed by atoms with van der Waals surface area (Å²) in [5.74, 6) is -1.02. The Morgan fingerprint density at radius 3 is 2.61 bits per heavy atom. The molecule has 3 fully saturated rings. The van der Waals surface area contributed by atoms with Gasteiger partial charge in [-0.15, -0.1) is 0 Å². The van der Waals surface area contributed by atoms with Crippen molar-refractivity contribution in [1.82, 2.24) is 4.90 Å². The SMILES string of the molecule is CC12CN(C(=O)c3ccccc3F)C3(C(N)=O)CC1CCC23C. The van der Waals surface area contributed by atoms with Crippen molar-refractivity contribution in [1.29, 1.82) is 0 Å². The number of carbonyl (C=O) groups is 2. The largest absolute Gasteiger partial charge is 0.368 e. The highest BCUT2D eigenvalue weighted by atomic mass is 19.1. The van der Waals surface area contributed by atoms with Crippen molar-refractivity contribution in [2.24, 2.45) is 22.5 Å². The van der Waals surface area contributed by atoms with E-state index in [1.54, 1.807) is 17.0 Å². The molecular formula is C18H21FN2O2. The molecule has 2 aliphatic carbocycles. The molecule has 1 saturated heterocycles. The second-order valence-corrected chi connectivity index (χ2v) is 7.78. The summed E-state index contributed by atoms with van der Waals surface area (Å²) in [4.78, 5) is 27.1. The zero-order chi connectivity index (χ0) is 16.6. The maximum atomic E-state index is 14.1. The van der Waals surface area contributed by atoms with Crippen LogP contribution in [0.1, 0.15) is 43.5 Å². The number of rotatable bonds is 2. The summed E-state index contributed by atoms with van der Waals surface area (Å²) < 4.78 is 14.1. The van der Waals surface area contributed by atoms with Crippen LogP contribution in [0.25, 0.3) is 0 Å². The Labute approximate surface area is 134 Å². The average molecular weight is 316 g/mol. The summed E-state index contributed by atoms with van der Waals surface area (Å²) >= 11 is 0. The first-order valence-electron chi connectivity index (χ1n) is 8.14. The minimum Gasteiger partial charge on any atom is -0.368 e. The third kappa shape index (κ3) is 1.38. The summed E-state index contributed by atoms with van der Waals surface area (Å²) in [6.45, 7) is 4.72. The van der Waals surface area contributed by atoms with Crippen LogP contribution in [-0.4, -0.2) is 28.8 Å². The van der Waals surface area contributed by atoms with Crippen molar-refractivity contribution in [3.05, 3.63) is 35.6 Å². The number of nitrogens with zero attached hydrogens (tertiary/aromatic N) is 1. The van der Waals surface area contributed by atoms with Crippen LogP contribution in [0.4, 0.5) is 4.39 Å². The fourth-order valence-electron chi connectivity index (χ4n) is 5.81. The van der Waals surface area contributed by atoms with Crippen molar-refractivity contribution in [2.75, 3.05) is 6.54 Å². The van der Waals surface area contributed by atoms with Crippen molar-refractivity contribution < 1.29 is 14.0 Å². The number of amides is 2. The van der Waals surface area contributed by atoms with Gasteiger partial charge in [-0.05, 0) is 42.7 Å². The summed E-state index contributed by atoms with van der Waals surface area (Å²) in [6, 6.07) is 5.93. The molecule has 4 nitrogen and oxygen atoms in total. The van der Waals surface area contributed by atoms with Crippen LogP contribution in [-0.2, 0) is 4.79 Å². The lowest BCUT2D eigenvalue weighted by molar-refractivity contribution is -0.133. The van der Waals surface area contributed by atoms with Gasteiger partial charge < -0.3 is 10.6 Å². The number of likely N-dealkylation sites (tertiary alicyclic amines) is 1. The van der Waals surface area contributed by atoms with E-state index in [1.165, 1.54) is 12.1 Å². The maximum Gasteiger partial charge on any atom is 0.257 e. The molecule has 0 aromatic heterocycles. The molecule has 4 atom stereocenters. The highest BCUT2D eigenvalue weighted by Crippen LogP contribution is 2.75. The second-order valence-electron chi connectivity index (χ2n) is 7.78. The van der Waals surface area contributed by atoms with Gasteiger partial charge >= 0.3 is 0 Å². The molecular weight excluding hydrogens is 295 g/mol. The zero-order valence-electron chi connectivity index (χ0n) is 13.4. The number of nitrogens with two attached hydrogens (primary N) is 1. The number of primary amides is 1. The Balaban J connectivity index is 1.84. The van der Waals surface area contributed by atoms with Gasteiger partial charge in [0.15, 0.2) is 0 Å². The van der Waals surface area contributed by atoms with Gasteiger partial charge in [0.1, 0.15) is 11.4 Å². The smallest absolute Gasteiger partial charge is 0.257 e. The minimum absolute atomic E-state index is 0.0174. The standard InChI is InChI=1S/C18H21FN2O2/c1-16-10-21(14(22)12-5-3-4-6-13(12)19)18(15(20)23)9-11(16)7-8-17(16,18)2/h3-6,11H,7-10H2,1-2H3,(H2,20,23). The Morgan fingerprint density at radius 1 is 1.30 bits per heavy atom. The monoisotopic (exact) mass is 316 g/mol. The Bertz CT molecular complexity index is 735. The topological polar surface area (TPSA) is 63.4 Å². The first-order chi connectivity index (χ1) is 10.8. The van der Waals surface area contributed by atoms with E-state index in [0.717, 1.165) is 12.8 Å². The molecule has 2 N–H and O–H groups in total. The van der Waals surface area contributed by atoms with E-state index in [2.05, 4.69) is 13.8 Å². The lowest BCUT2D eigenvalue weighted by Gasteiger charge is -2.45. The molecule has 4 rings (SSSR count). The van der Waals surface area contributed by atoms with Crippen LogP contribution in [0.2, 0.25) is 0 Å². The molecule has 1 aromatic carbocycles. The molecule has 1 heterocycles. The molecule has 4 bridgehead atoms. The van der Waals surface area contributed by atoms with E-state index >= 15 is 0 Å². The first kappa shape index (κ1) is 14.7. The average Bonchev–Trinajstić information content (AvgIpc) is 2.96. The molecule has 2 saturated carbocycles. The molecule has 0 spiro atoms. The van der Waals surface area contributed by atoms with Crippen LogP contribution in [0.15, 0.2) is 24.3 Å². The van der Waals surface area contributed by atoms with Gasteiger partial charge in [-0.3, -0.25) is 9.59 Å². The third-order valence-corrected chi connectivity index (χ3v) is 7.31. The van der Waals surface area contributed by atoms with Gasteiger partial charge in [0.2, 0.25) is 5.91 Å². The predicted molar refractivity (Wildman–Crippen MR) is 82.9 cm³/mol. The quantitative estimate of drug-likeness (QED) is 0.910. The van der Waals surface area contributed by atoms with Crippen molar-refractivity contribution in [3.8, 4) is 0 Å². The number of carbonyl (C=O) groups excluding carboxylic acids is 2. The van der Waals surface area contributed by atoms with Gasteiger partial charge in [0, 0.05) is 12.0 Å². The molecule has 5 heteroatoms. The molecule has 1 aromatic rings. The van der Waals surface area contributed by atoms with E-state index in [-0.39, 0.29) is 16.4 Å². The Kier molecular flexibility index (Phi) is 2.64. The summed E-state index contributed by atoms with van der Waals surface area (Å²) in [7, 11) is 0. The minimum atomic E-state index is -0.982. The van der Waals surface area contributed by atoms with Crippen LogP contribution in [0.3, 0.4) is 0 Å². The predicted octanol–water partition coefficient (Wildman–Crippen LogP) is 2.33. The van der Waals surface area contributed by atoms with Gasteiger partial charge in [0.05, 0.1) is 5.56 Å². The number of halogens is 1. The van der Waals surface area contributed by atoms with E-state index in [0.29, 0.717) is 18.9 Å². The molecule has 4 unspecified atom stereocenters. The third-order valence-electron chi connectivity index (χ3n) is 7.31. The molecule has 23 heavy (non-hydrogen) atoms. The highest BCUT2D eigenvalue weighted by Gasteiger charge is 2.80. The van der Waals surface area contributed by atoms with Crippen molar-refractivity contribution >= 4 is 11.8 Å². The molecule has 2 amide bonds. The first-order valence-corrected chi connectivity index (χ1v) is 8.14. The summed E-state index contributed by atoms with van der Waals surface area (Å²) in [6.07, 6.45) is 2.57. The van der Waals surface area contributed by atoms with Gasteiger partial charge in [-0.1, -0.05) is 26.0 Å². The van der Waals surface area contributed by atoms with Gasteiger partial charge in [0.25, 0.3) is 5.91 Å². The normalized spacial score (nSPS) is 40.7. The Hall–Kier alpha value is -1.91. The summed E-state index contributed by atoms with van der Waals surface area (Å²) in [5.41, 5.74) is 4.41. The van der Waals surface area contributed by atoms with E-state index in [4.69, 9.17) is 5.73 Å². The summed E-state index contributed by atoms with van der Waals surface area (Å²) in [5, 5.41) is 0. The lowest BCUT2D eigenvalue weighted by Crippen LogP contribution is -2.63. The van der Waals surface area contributed by atoms with E-state index in [9.17, 15) is 14.0 Å². The number of hydrogen-bond donors (Lipinski definition) is 1. The van der Waals surface area contributed by atoms with Crippen molar-refractivity contribution in [3.63, 3.8) is 0 Å². The lowest BCUT2D eigenvalue weighted by atomic mass is 9.65. The number of piperidine rings is 1. The zero-order valence-corrected chi connectivity index (χ0v) is 13.4. The van der Waals surface area contributed by atoms with Gasteiger partial charge in [-0.2, -0.15) is 0 Å². The molecule has 0 radical (unpaired) electrons. The van der Waals surface area contributed by atoms with E-state index < -0.39 is 23.2 Å². The fraction of sp³-hybridized carbons (Fsp3) is 0.556. The number of benzene rings is 1. The van der Waals surface area contributed by atoms with Crippen LogP contribution >= 0.6 is 0 Å². The molecule has 3 aliphatic rings. The van der Waals surface area contributed by atoms with Crippen molar-refractivity contribution in [2.45, 2.75) is 38.6 Å². The van der Waals surface area contributed by atoms with Crippen LogP contribution in [0.5, 0.6) is 0 Å².